The van der Waals surface area contributed by atoms with Crippen molar-refractivity contribution in [1.82, 2.24) is 9.71 Å². The second-order valence-electron chi connectivity index (χ2n) is 7.19. The first-order chi connectivity index (χ1) is 12.0. The molecule has 1 fully saturated rings. The minimum absolute atomic E-state index is 0.0883. The second kappa shape index (κ2) is 7.70. The molecule has 5 nitrogen and oxygen atoms in total. The van der Waals surface area contributed by atoms with Gasteiger partial charge in [0.2, 0.25) is 10.0 Å². The summed E-state index contributed by atoms with van der Waals surface area (Å²) in [6, 6.07) is 10.3. The van der Waals surface area contributed by atoms with Crippen molar-refractivity contribution >= 4 is 26.6 Å². The van der Waals surface area contributed by atoms with E-state index in [0.717, 1.165) is 48.8 Å². The highest BCUT2D eigenvalue weighted by molar-refractivity contribution is 7.90. The minimum atomic E-state index is -3.17. The van der Waals surface area contributed by atoms with Gasteiger partial charge < -0.3 is 5.32 Å². The highest BCUT2D eigenvalue weighted by Crippen LogP contribution is 2.27. The van der Waals surface area contributed by atoms with Gasteiger partial charge in [0.1, 0.15) is 0 Å². The molecule has 1 heterocycles. The van der Waals surface area contributed by atoms with Crippen LogP contribution in [0.25, 0.3) is 10.9 Å². The number of rotatable bonds is 6. The molecule has 3 rings (SSSR count). The van der Waals surface area contributed by atoms with Crippen LogP contribution in [0.5, 0.6) is 0 Å². The van der Waals surface area contributed by atoms with Crippen LogP contribution in [-0.2, 0) is 10.0 Å². The largest absolute Gasteiger partial charge is 0.384 e. The Morgan fingerprint density at radius 2 is 1.88 bits per heavy atom. The highest BCUT2D eigenvalue weighted by Gasteiger charge is 2.26. The Hall–Kier alpha value is -1.66. The molecule has 0 radical (unpaired) electrons. The molecule has 0 aliphatic heterocycles. The first-order valence-corrected chi connectivity index (χ1v) is 10.6. The van der Waals surface area contributed by atoms with E-state index >= 15 is 0 Å². The fourth-order valence-electron chi connectivity index (χ4n) is 3.36. The summed E-state index contributed by atoms with van der Waals surface area (Å²) >= 11 is 0. The summed E-state index contributed by atoms with van der Waals surface area (Å²) in [7, 11) is -3.17. The van der Waals surface area contributed by atoms with Crippen molar-refractivity contribution in [3.63, 3.8) is 0 Å². The van der Waals surface area contributed by atoms with Crippen molar-refractivity contribution in [2.24, 2.45) is 5.92 Å². The number of benzene rings is 1. The van der Waals surface area contributed by atoms with Crippen LogP contribution in [0.4, 0.5) is 5.69 Å². The zero-order valence-corrected chi connectivity index (χ0v) is 15.7. The molecule has 2 N–H and O–H groups in total. The lowest BCUT2D eigenvalue weighted by atomic mass is 9.86. The monoisotopic (exact) mass is 361 g/mol. The number of nitrogens with zero attached hydrogens (tertiary/aromatic N) is 1. The Labute approximate surface area is 150 Å². The Kier molecular flexibility index (Phi) is 5.59. The topological polar surface area (TPSA) is 71.1 Å². The van der Waals surface area contributed by atoms with Gasteiger partial charge in [-0.3, -0.25) is 4.98 Å². The van der Waals surface area contributed by atoms with Crippen molar-refractivity contribution in [2.75, 3.05) is 11.9 Å². The molecule has 1 aromatic heterocycles. The number of hydrogen-bond acceptors (Lipinski definition) is 4. The van der Waals surface area contributed by atoms with E-state index in [1.807, 2.05) is 24.4 Å². The van der Waals surface area contributed by atoms with E-state index in [1.165, 1.54) is 0 Å². The summed E-state index contributed by atoms with van der Waals surface area (Å²) in [4.78, 5) is 4.39. The maximum absolute atomic E-state index is 12.0. The van der Waals surface area contributed by atoms with E-state index in [-0.39, 0.29) is 11.3 Å². The van der Waals surface area contributed by atoms with E-state index in [0.29, 0.717) is 5.92 Å². The number of fused-ring (bicyclic) bond motifs is 1. The maximum Gasteiger partial charge on any atom is 0.214 e. The summed E-state index contributed by atoms with van der Waals surface area (Å²) in [5, 5.41) is 4.33. The van der Waals surface area contributed by atoms with Crippen LogP contribution in [-0.4, -0.2) is 31.2 Å². The predicted molar refractivity (Wildman–Crippen MR) is 103 cm³/mol. The molecule has 25 heavy (non-hydrogen) atoms. The van der Waals surface area contributed by atoms with Crippen molar-refractivity contribution in [3.8, 4) is 0 Å². The molecule has 0 bridgehead atoms. The van der Waals surface area contributed by atoms with Gasteiger partial charge in [0.15, 0.2) is 0 Å². The Morgan fingerprint density at radius 3 is 2.60 bits per heavy atom. The first kappa shape index (κ1) is 18.1. The summed E-state index contributed by atoms with van der Waals surface area (Å²) in [6.07, 6.45) is 5.72. The van der Waals surface area contributed by atoms with Crippen LogP contribution in [0.1, 0.15) is 39.5 Å². The average Bonchev–Trinajstić information content (AvgIpc) is 2.60. The summed E-state index contributed by atoms with van der Waals surface area (Å²) in [5.74, 6) is 0.576. The zero-order valence-electron chi connectivity index (χ0n) is 14.9. The van der Waals surface area contributed by atoms with Crippen LogP contribution < -0.4 is 10.0 Å². The van der Waals surface area contributed by atoms with Crippen LogP contribution in [0.15, 0.2) is 36.5 Å². The van der Waals surface area contributed by atoms with Gasteiger partial charge in [-0.2, -0.15) is 0 Å². The summed E-state index contributed by atoms with van der Waals surface area (Å²) in [6.45, 7) is 4.35. The lowest BCUT2D eigenvalue weighted by Gasteiger charge is -2.30. The van der Waals surface area contributed by atoms with E-state index in [2.05, 4.69) is 27.2 Å². The molecular formula is C19H27N3O2S. The van der Waals surface area contributed by atoms with Gasteiger partial charge in [0.25, 0.3) is 0 Å². The fraction of sp³-hybridized carbons (Fsp3) is 0.526. The molecule has 0 saturated heterocycles. The van der Waals surface area contributed by atoms with Crippen molar-refractivity contribution in [1.29, 1.82) is 0 Å². The number of nitrogens with one attached hydrogen (secondary N) is 2. The van der Waals surface area contributed by atoms with Crippen LogP contribution in [0, 0.1) is 5.92 Å². The normalized spacial score (nSPS) is 21.6. The fourth-order valence-corrected chi connectivity index (χ4v) is 4.34. The SMILES string of the molecule is CC(C)S(=O)(=O)NC1CCC(CNc2cccc3ncccc23)CC1. The Morgan fingerprint density at radius 1 is 1.12 bits per heavy atom. The van der Waals surface area contributed by atoms with Crippen LogP contribution >= 0.6 is 0 Å². The lowest BCUT2D eigenvalue weighted by molar-refractivity contribution is 0.323. The first-order valence-electron chi connectivity index (χ1n) is 9.04. The minimum Gasteiger partial charge on any atom is -0.384 e. The molecule has 6 heteroatoms. The zero-order chi connectivity index (χ0) is 17.9. The average molecular weight is 362 g/mol. The smallest absolute Gasteiger partial charge is 0.214 e. The van der Waals surface area contributed by atoms with Gasteiger partial charge in [0, 0.05) is 29.9 Å². The number of aromatic nitrogens is 1. The van der Waals surface area contributed by atoms with Gasteiger partial charge in [-0.15, -0.1) is 0 Å². The maximum atomic E-state index is 12.0. The highest BCUT2D eigenvalue weighted by atomic mass is 32.2. The van der Waals surface area contributed by atoms with Crippen molar-refractivity contribution in [3.05, 3.63) is 36.5 Å². The molecule has 0 atom stereocenters. The Bertz CT molecular complexity index is 807. The summed E-state index contributed by atoms with van der Waals surface area (Å²) < 4.78 is 26.8. The molecule has 1 saturated carbocycles. The van der Waals surface area contributed by atoms with Crippen LogP contribution in [0.3, 0.4) is 0 Å². The van der Waals surface area contributed by atoms with Gasteiger partial charge in [-0.1, -0.05) is 6.07 Å². The quantitative estimate of drug-likeness (QED) is 0.826. The molecular weight excluding hydrogens is 334 g/mol. The van der Waals surface area contributed by atoms with Gasteiger partial charge in [0.05, 0.1) is 10.8 Å². The molecule has 1 aliphatic carbocycles. The third kappa shape index (κ3) is 4.50. The molecule has 0 unspecified atom stereocenters. The van der Waals surface area contributed by atoms with Gasteiger partial charge in [-0.05, 0) is 69.7 Å². The van der Waals surface area contributed by atoms with E-state index in [4.69, 9.17) is 0 Å². The Balaban J connectivity index is 1.53. The third-order valence-electron chi connectivity index (χ3n) is 5.03. The van der Waals surface area contributed by atoms with Crippen LogP contribution in [0.2, 0.25) is 0 Å². The number of sulfonamides is 1. The predicted octanol–water partition coefficient (Wildman–Crippen LogP) is 3.53. The van der Waals surface area contributed by atoms with Gasteiger partial charge in [-0.25, -0.2) is 13.1 Å². The second-order valence-corrected chi connectivity index (χ2v) is 9.45. The van der Waals surface area contributed by atoms with E-state index < -0.39 is 10.0 Å². The van der Waals surface area contributed by atoms with Crippen molar-refractivity contribution < 1.29 is 8.42 Å². The number of anilines is 1. The number of hydrogen-bond donors (Lipinski definition) is 2. The molecule has 1 aliphatic rings. The van der Waals surface area contributed by atoms with Crippen molar-refractivity contribution in [2.45, 2.75) is 50.8 Å². The van der Waals surface area contributed by atoms with Gasteiger partial charge >= 0.3 is 0 Å². The standard InChI is InChI=1S/C19H27N3O2S/c1-14(2)25(23,24)22-16-10-8-15(9-11-16)13-21-19-7-3-6-18-17(19)5-4-12-20-18/h3-7,12,14-16,21-22H,8-11,13H2,1-2H3. The van der Waals surface area contributed by atoms with E-state index in [1.54, 1.807) is 13.8 Å². The molecule has 2 aromatic rings. The molecule has 0 spiro atoms. The molecule has 136 valence electrons. The molecule has 1 aromatic carbocycles. The summed E-state index contributed by atoms with van der Waals surface area (Å²) in [5.41, 5.74) is 2.12. The molecule has 0 amide bonds. The lowest BCUT2D eigenvalue weighted by Crippen LogP contribution is -2.41. The third-order valence-corrected chi connectivity index (χ3v) is 6.93. The number of pyridine rings is 1. The van der Waals surface area contributed by atoms with E-state index in [9.17, 15) is 8.42 Å².